The maximum atomic E-state index is 10.4. The van der Waals surface area contributed by atoms with Crippen molar-refractivity contribution in [2.45, 2.75) is 32.3 Å². The second kappa shape index (κ2) is 3.97. The van der Waals surface area contributed by atoms with Gasteiger partial charge in [-0.25, -0.2) is 0 Å². The van der Waals surface area contributed by atoms with E-state index in [1.165, 1.54) is 6.08 Å². The molecule has 15 heavy (non-hydrogen) atoms. The molecule has 0 aliphatic heterocycles. The molecule has 0 aromatic heterocycles. The lowest BCUT2D eigenvalue weighted by Gasteiger charge is -2.33. The van der Waals surface area contributed by atoms with E-state index < -0.39 is 18.1 Å². The van der Waals surface area contributed by atoms with Crippen LogP contribution in [-0.2, 0) is 0 Å². The number of hydrogen-bond acceptors (Lipinski definition) is 4. The quantitative estimate of drug-likeness (QED) is 0.579. The summed E-state index contributed by atoms with van der Waals surface area (Å²) in [5, 5.41) is 36.9. The van der Waals surface area contributed by atoms with Crippen molar-refractivity contribution in [3.05, 3.63) is 12.1 Å². The van der Waals surface area contributed by atoms with E-state index >= 15 is 0 Å². The molecule has 5 heteroatoms. The molecule has 3 N–H and O–H groups in total. The van der Waals surface area contributed by atoms with Gasteiger partial charge in [0.15, 0.2) is 0 Å². The van der Waals surface area contributed by atoms with Crippen LogP contribution in [0.5, 0.6) is 0 Å². The highest BCUT2D eigenvalue weighted by atomic mass is 16.4. The summed E-state index contributed by atoms with van der Waals surface area (Å²) >= 11 is 0. The van der Waals surface area contributed by atoms with E-state index in [1.54, 1.807) is 0 Å². The van der Waals surface area contributed by atoms with Gasteiger partial charge in [-0.2, -0.15) is 5.26 Å². The van der Waals surface area contributed by atoms with Crippen LogP contribution >= 0.6 is 0 Å². The fourth-order valence-electron chi connectivity index (χ4n) is 1.86. The predicted octanol–water partition coefficient (Wildman–Crippen LogP) is 0.245. The van der Waals surface area contributed by atoms with E-state index in [1.807, 2.05) is 13.8 Å². The first kappa shape index (κ1) is 12.2. The molecule has 0 unspecified atom stereocenters. The third-order valence-electron chi connectivity index (χ3n) is 3.13. The number of nitriles is 1. The Bertz CT molecular complexity index is 304. The molecule has 0 heterocycles. The Hall–Kier alpha value is -0.825. The van der Waals surface area contributed by atoms with Gasteiger partial charge in [-0.3, -0.25) is 0 Å². The summed E-state index contributed by atoms with van der Waals surface area (Å²) in [5.74, 6) is 0.965. The molecule has 0 radical (unpaired) electrons. The van der Waals surface area contributed by atoms with Crippen molar-refractivity contribution < 1.29 is 15.2 Å². The van der Waals surface area contributed by atoms with Gasteiger partial charge < -0.3 is 15.2 Å². The number of aliphatic hydroxyl groups is 1. The van der Waals surface area contributed by atoms with Crippen LogP contribution < -0.4 is 0 Å². The van der Waals surface area contributed by atoms with Gasteiger partial charge in [0.25, 0.3) is 0 Å². The zero-order valence-corrected chi connectivity index (χ0v) is 9.01. The van der Waals surface area contributed by atoms with Crippen LogP contribution in [0.1, 0.15) is 26.7 Å². The highest BCUT2D eigenvalue weighted by Gasteiger charge is 2.59. The Morgan fingerprint density at radius 2 is 2.00 bits per heavy atom. The molecule has 1 atom stereocenters. The fourth-order valence-corrected chi connectivity index (χ4v) is 1.86. The molecule has 0 aromatic carbocycles. The van der Waals surface area contributed by atoms with Gasteiger partial charge >= 0.3 is 7.12 Å². The molecule has 1 aliphatic rings. The highest BCUT2D eigenvalue weighted by molar-refractivity contribution is 6.47. The minimum absolute atomic E-state index is 0.144. The normalized spacial score (nSPS) is 22.5. The van der Waals surface area contributed by atoms with E-state index in [0.29, 0.717) is 12.8 Å². The lowest BCUT2D eigenvalue weighted by molar-refractivity contribution is -0.00493. The second-order valence-electron chi connectivity index (χ2n) is 4.45. The van der Waals surface area contributed by atoms with Gasteiger partial charge in [0.1, 0.15) is 5.60 Å². The predicted molar refractivity (Wildman–Crippen MR) is 56.4 cm³/mol. The third kappa shape index (κ3) is 2.07. The maximum absolute atomic E-state index is 10.4. The Labute approximate surface area is 90.0 Å². The SMILES string of the molecule is CC(C)[C@@](O)(/C=C/B(O)O)C1(C#N)CC1. The Morgan fingerprint density at radius 3 is 2.27 bits per heavy atom. The summed E-state index contributed by atoms with van der Waals surface area (Å²) in [7, 11) is -1.59. The molecule has 0 bridgehead atoms. The fraction of sp³-hybridized carbons (Fsp3) is 0.700. The molecular weight excluding hydrogens is 193 g/mol. The zero-order chi connectivity index (χ0) is 11.7. The summed E-state index contributed by atoms with van der Waals surface area (Å²) in [6.07, 6.45) is 2.66. The molecule has 0 saturated heterocycles. The van der Waals surface area contributed by atoms with Crippen LogP contribution in [0.4, 0.5) is 0 Å². The van der Waals surface area contributed by atoms with Crippen molar-refractivity contribution in [3.8, 4) is 6.07 Å². The van der Waals surface area contributed by atoms with Gasteiger partial charge in [0, 0.05) is 0 Å². The smallest absolute Gasteiger partial charge is 0.424 e. The molecule has 82 valence electrons. The van der Waals surface area contributed by atoms with Crippen LogP contribution in [0, 0.1) is 22.7 Å². The number of rotatable bonds is 4. The average molecular weight is 209 g/mol. The van der Waals surface area contributed by atoms with E-state index in [4.69, 9.17) is 15.3 Å². The molecule has 0 aromatic rings. The van der Waals surface area contributed by atoms with Crippen LogP contribution in [0.3, 0.4) is 0 Å². The molecule has 1 saturated carbocycles. The summed E-state index contributed by atoms with van der Waals surface area (Å²) in [6, 6.07) is 2.13. The molecule has 1 rings (SSSR count). The van der Waals surface area contributed by atoms with Gasteiger partial charge in [0.2, 0.25) is 0 Å². The Morgan fingerprint density at radius 1 is 1.47 bits per heavy atom. The van der Waals surface area contributed by atoms with Crippen LogP contribution in [0.25, 0.3) is 0 Å². The van der Waals surface area contributed by atoms with Gasteiger partial charge in [-0.15, -0.1) is 0 Å². The summed E-state index contributed by atoms with van der Waals surface area (Å²) < 4.78 is 0. The van der Waals surface area contributed by atoms with E-state index in [-0.39, 0.29) is 5.92 Å². The standard InChI is InChI=1S/C10H16BNO3/c1-8(2)10(13,5-6-11(14)15)9(7-12)3-4-9/h5-6,8,13-15H,3-4H2,1-2H3/b6-5+/t10-/m0/s1. The van der Waals surface area contributed by atoms with Crippen molar-refractivity contribution in [1.82, 2.24) is 0 Å². The van der Waals surface area contributed by atoms with Crippen LogP contribution in [0.15, 0.2) is 12.1 Å². The van der Waals surface area contributed by atoms with Crippen LogP contribution in [0.2, 0.25) is 0 Å². The van der Waals surface area contributed by atoms with Crippen molar-refractivity contribution >= 4 is 7.12 Å². The average Bonchev–Trinajstić information content (AvgIpc) is 2.94. The minimum Gasteiger partial charge on any atom is -0.424 e. The summed E-state index contributed by atoms with van der Waals surface area (Å²) in [4.78, 5) is 0. The largest absolute Gasteiger partial charge is 0.480 e. The van der Waals surface area contributed by atoms with Gasteiger partial charge in [0.05, 0.1) is 11.5 Å². The van der Waals surface area contributed by atoms with E-state index in [9.17, 15) is 5.11 Å². The monoisotopic (exact) mass is 209 g/mol. The molecule has 4 nitrogen and oxygen atoms in total. The number of hydrogen-bond donors (Lipinski definition) is 3. The van der Waals surface area contributed by atoms with Crippen molar-refractivity contribution in [2.75, 3.05) is 0 Å². The van der Waals surface area contributed by atoms with Gasteiger partial charge in [-0.05, 0) is 18.8 Å². The maximum Gasteiger partial charge on any atom is 0.480 e. The molecule has 0 amide bonds. The molecule has 0 spiro atoms. The van der Waals surface area contributed by atoms with E-state index in [0.717, 1.165) is 5.98 Å². The number of nitrogens with zero attached hydrogens (tertiary/aromatic N) is 1. The molecule has 1 fully saturated rings. The van der Waals surface area contributed by atoms with Crippen molar-refractivity contribution in [1.29, 1.82) is 5.26 Å². The van der Waals surface area contributed by atoms with Crippen LogP contribution in [-0.4, -0.2) is 27.9 Å². The third-order valence-corrected chi connectivity index (χ3v) is 3.13. The zero-order valence-electron chi connectivity index (χ0n) is 9.01. The first-order chi connectivity index (χ1) is 6.88. The highest BCUT2D eigenvalue weighted by Crippen LogP contribution is 2.56. The minimum atomic E-state index is -1.59. The topological polar surface area (TPSA) is 84.5 Å². The molecular formula is C10H16BNO3. The first-order valence-corrected chi connectivity index (χ1v) is 5.07. The summed E-state index contributed by atoms with van der Waals surface area (Å²) in [6.45, 7) is 3.62. The van der Waals surface area contributed by atoms with E-state index in [2.05, 4.69) is 6.07 Å². The lowest BCUT2D eigenvalue weighted by atomic mass is 9.74. The Balaban J connectivity index is 2.96. The summed E-state index contributed by atoms with van der Waals surface area (Å²) in [5.41, 5.74) is -2.02. The van der Waals surface area contributed by atoms with Crippen molar-refractivity contribution in [2.24, 2.45) is 11.3 Å². The Kier molecular flexibility index (Phi) is 3.24. The lowest BCUT2D eigenvalue weighted by Crippen LogP contribution is -2.42. The second-order valence-corrected chi connectivity index (χ2v) is 4.45. The molecule has 1 aliphatic carbocycles. The van der Waals surface area contributed by atoms with Crippen molar-refractivity contribution in [3.63, 3.8) is 0 Å². The first-order valence-electron chi connectivity index (χ1n) is 5.07. The van der Waals surface area contributed by atoms with Gasteiger partial charge in [-0.1, -0.05) is 25.9 Å².